The van der Waals surface area contributed by atoms with Crippen LogP contribution in [-0.4, -0.2) is 68.4 Å². The van der Waals surface area contributed by atoms with Gasteiger partial charge >= 0.3 is 0 Å². The predicted octanol–water partition coefficient (Wildman–Crippen LogP) is 3.57. The van der Waals surface area contributed by atoms with Gasteiger partial charge < -0.3 is 25.1 Å². The number of fused-ring (bicyclic) bond motifs is 1. The second-order valence-electron chi connectivity index (χ2n) is 8.94. The number of aromatic hydroxyl groups is 1. The third kappa shape index (κ3) is 4.89. The van der Waals surface area contributed by atoms with Crippen molar-refractivity contribution in [1.29, 1.82) is 0 Å². The van der Waals surface area contributed by atoms with Crippen molar-refractivity contribution in [3.05, 3.63) is 41.7 Å². The number of amides is 1. The van der Waals surface area contributed by atoms with E-state index in [9.17, 15) is 14.7 Å². The predicted molar refractivity (Wildman–Crippen MR) is 132 cm³/mol. The minimum Gasteiger partial charge on any atom is -0.494 e. The number of aromatic nitrogens is 3. The van der Waals surface area contributed by atoms with Gasteiger partial charge in [-0.2, -0.15) is 5.10 Å². The first-order valence-corrected chi connectivity index (χ1v) is 11.8. The maximum absolute atomic E-state index is 12.3. The van der Waals surface area contributed by atoms with Crippen LogP contribution in [0.2, 0.25) is 0 Å². The highest BCUT2D eigenvalue weighted by atomic mass is 16.3. The van der Waals surface area contributed by atoms with Gasteiger partial charge in [-0.3, -0.25) is 9.48 Å². The number of benzene rings is 1. The average Bonchev–Trinajstić information content (AvgIpc) is 3.44. The van der Waals surface area contributed by atoms with Crippen LogP contribution in [0.15, 0.2) is 35.6 Å². The molecule has 4 rings (SSSR count). The SMILES string of the molecule is CCC(=Nc1cnn(C2CCN(C(C)C)CC2)c1)c1c(O)[nH]c2ccc(C(=O)NCC=O)cc12. The zero-order valence-corrected chi connectivity index (χ0v) is 19.9. The van der Waals surface area contributed by atoms with Crippen LogP contribution in [0.5, 0.6) is 5.88 Å². The molecular formula is C25H32N6O3. The van der Waals surface area contributed by atoms with Gasteiger partial charge in [0, 0.05) is 35.6 Å². The van der Waals surface area contributed by atoms with E-state index in [0.29, 0.717) is 52.5 Å². The van der Waals surface area contributed by atoms with Crippen LogP contribution in [0.4, 0.5) is 5.69 Å². The first-order chi connectivity index (χ1) is 16.4. The molecule has 3 N–H and O–H groups in total. The monoisotopic (exact) mass is 464 g/mol. The minimum absolute atomic E-state index is 0.00880. The fourth-order valence-corrected chi connectivity index (χ4v) is 4.57. The van der Waals surface area contributed by atoms with Crippen LogP contribution < -0.4 is 5.32 Å². The van der Waals surface area contributed by atoms with Gasteiger partial charge in [0.25, 0.3) is 5.91 Å². The van der Waals surface area contributed by atoms with Gasteiger partial charge in [0.05, 0.1) is 36.3 Å². The number of aldehydes is 1. The van der Waals surface area contributed by atoms with Crippen LogP contribution in [0.25, 0.3) is 10.9 Å². The summed E-state index contributed by atoms with van der Waals surface area (Å²) in [6.07, 6.45) is 7.06. The molecule has 1 aliphatic rings. The normalized spacial score (nSPS) is 15.8. The molecular weight excluding hydrogens is 432 g/mol. The van der Waals surface area contributed by atoms with Crippen LogP contribution >= 0.6 is 0 Å². The van der Waals surface area contributed by atoms with Gasteiger partial charge in [-0.05, 0) is 51.3 Å². The molecule has 1 amide bonds. The number of carbonyl (C=O) groups excluding carboxylic acids is 2. The fourth-order valence-electron chi connectivity index (χ4n) is 4.57. The number of rotatable bonds is 8. The lowest BCUT2D eigenvalue weighted by Gasteiger charge is -2.34. The summed E-state index contributed by atoms with van der Waals surface area (Å²) in [6, 6.07) is 6.02. The number of carbonyl (C=O) groups is 2. The van der Waals surface area contributed by atoms with Crippen LogP contribution in [0, 0.1) is 0 Å². The van der Waals surface area contributed by atoms with E-state index in [1.54, 1.807) is 24.4 Å². The van der Waals surface area contributed by atoms with E-state index in [4.69, 9.17) is 4.99 Å². The number of nitrogens with one attached hydrogen (secondary N) is 2. The van der Waals surface area contributed by atoms with Crippen molar-refractivity contribution in [3.63, 3.8) is 0 Å². The number of piperidine rings is 1. The highest BCUT2D eigenvalue weighted by Crippen LogP contribution is 2.31. The standard InChI is InChI=1S/C25H32N6O3/c1-4-21(28-18-14-27-31(15-18)19-7-10-30(11-8-19)16(2)3)23-20-13-17(24(33)26-9-12-32)5-6-22(20)29-25(23)34/h5-6,12-16,19,29,34H,4,7-11H2,1-3H3,(H,26,33). The Morgan fingerprint density at radius 2 is 2.12 bits per heavy atom. The summed E-state index contributed by atoms with van der Waals surface area (Å²) in [6.45, 7) is 8.51. The lowest BCUT2D eigenvalue weighted by atomic mass is 10.0. The zero-order valence-electron chi connectivity index (χ0n) is 19.9. The van der Waals surface area contributed by atoms with Crippen molar-refractivity contribution in [2.75, 3.05) is 19.6 Å². The average molecular weight is 465 g/mol. The lowest BCUT2D eigenvalue weighted by molar-refractivity contribution is -0.107. The number of nitrogens with zero attached hydrogens (tertiary/aromatic N) is 4. The summed E-state index contributed by atoms with van der Waals surface area (Å²) in [5, 5.41) is 18.5. The molecule has 3 heterocycles. The maximum Gasteiger partial charge on any atom is 0.251 e. The van der Waals surface area contributed by atoms with Crippen molar-refractivity contribution in [3.8, 4) is 5.88 Å². The van der Waals surface area contributed by atoms with Gasteiger partial charge in [0.15, 0.2) is 5.88 Å². The molecule has 9 heteroatoms. The summed E-state index contributed by atoms with van der Waals surface area (Å²) in [5.74, 6) is -0.338. The third-order valence-corrected chi connectivity index (χ3v) is 6.47. The second kappa shape index (κ2) is 10.2. The van der Waals surface area contributed by atoms with Gasteiger partial charge in [0.1, 0.15) is 12.0 Å². The summed E-state index contributed by atoms with van der Waals surface area (Å²) in [5.41, 5.74) is 3.11. The van der Waals surface area contributed by atoms with Crippen molar-refractivity contribution in [2.24, 2.45) is 4.99 Å². The van der Waals surface area contributed by atoms with E-state index in [1.807, 2.05) is 17.8 Å². The summed E-state index contributed by atoms with van der Waals surface area (Å²) < 4.78 is 2.01. The number of aromatic amines is 1. The van der Waals surface area contributed by atoms with Crippen LogP contribution in [0.3, 0.4) is 0 Å². The van der Waals surface area contributed by atoms with E-state index >= 15 is 0 Å². The molecule has 0 bridgehead atoms. The number of hydrogen-bond acceptors (Lipinski definition) is 6. The number of aliphatic imine (C=N–C) groups is 1. The van der Waals surface area contributed by atoms with E-state index in [1.165, 1.54) is 0 Å². The third-order valence-electron chi connectivity index (χ3n) is 6.47. The molecule has 2 aromatic heterocycles. The highest BCUT2D eigenvalue weighted by Gasteiger charge is 2.23. The van der Waals surface area contributed by atoms with Crippen molar-refractivity contribution in [1.82, 2.24) is 25.0 Å². The lowest BCUT2D eigenvalue weighted by Crippen LogP contribution is -2.39. The molecule has 0 saturated carbocycles. The number of hydrogen-bond donors (Lipinski definition) is 3. The molecule has 0 radical (unpaired) electrons. The molecule has 1 aromatic carbocycles. The summed E-state index contributed by atoms with van der Waals surface area (Å²) in [4.78, 5) is 33.2. The Hall–Kier alpha value is -3.46. The molecule has 9 nitrogen and oxygen atoms in total. The summed E-state index contributed by atoms with van der Waals surface area (Å²) >= 11 is 0. The Morgan fingerprint density at radius 1 is 1.35 bits per heavy atom. The minimum atomic E-state index is -0.347. The Morgan fingerprint density at radius 3 is 2.79 bits per heavy atom. The van der Waals surface area contributed by atoms with Crippen molar-refractivity contribution in [2.45, 2.75) is 52.1 Å². The Kier molecular flexibility index (Phi) is 7.12. The molecule has 0 atom stereocenters. The smallest absolute Gasteiger partial charge is 0.251 e. The van der Waals surface area contributed by atoms with Crippen LogP contribution in [-0.2, 0) is 4.79 Å². The molecule has 0 spiro atoms. The Labute approximate surface area is 198 Å². The Bertz CT molecular complexity index is 1200. The van der Waals surface area contributed by atoms with E-state index < -0.39 is 0 Å². The molecule has 0 aliphatic carbocycles. The maximum atomic E-state index is 12.3. The second-order valence-corrected chi connectivity index (χ2v) is 8.94. The highest BCUT2D eigenvalue weighted by molar-refractivity contribution is 6.14. The molecule has 1 saturated heterocycles. The van der Waals surface area contributed by atoms with Gasteiger partial charge in [0.2, 0.25) is 0 Å². The number of H-pyrrole nitrogens is 1. The first-order valence-electron chi connectivity index (χ1n) is 11.8. The summed E-state index contributed by atoms with van der Waals surface area (Å²) in [7, 11) is 0. The topological polar surface area (TPSA) is 116 Å². The Balaban J connectivity index is 1.60. The van der Waals surface area contributed by atoms with Gasteiger partial charge in [-0.15, -0.1) is 0 Å². The van der Waals surface area contributed by atoms with Gasteiger partial charge in [-0.1, -0.05) is 6.92 Å². The zero-order chi connectivity index (χ0) is 24.2. The molecule has 1 aliphatic heterocycles. The van der Waals surface area contributed by atoms with E-state index in [0.717, 1.165) is 31.6 Å². The molecule has 180 valence electrons. The van der Waals surface area contributed by atoms with E-state index in [2.05, 4.69) is 34.1 Å². The molecule has 3 aromatic rings. The quantitative estimate of drug-likeness (QED) is 0.348. The molecule has 0 unspecified atom stereocenters. The van der Waals surface area contributed by atoms with Crippen molar-refractivity contribution >= 4 is 34.5 Å². The van der Waals surface area contributed by atoms with E-state index in [-0.39, 0.29) is 18.3 Å². The largest absolute Gasteiger partial charge is 0.494 e. The van der Waals surface area contributed by atoms with Crippen LogP contribution in [0.1, 0.15) is 62.0 Å². The number of likely N-dealkylation sites (tertiary alicyclic amines) is 1. The fraction of sp³-hybridized carbons (Fsp3) is 0.440. The van der Waals surface area contributed by atoms with Gasteiger partial charge in [-0.25, -0.2) is 4.99 Å². The van der Waals surface area contributed by atoms with Crippen molar-refractivity contribution < 1.29 is 14.7 Å². The molecule has 1 fully saturated rings. The molecule has 34 heavy (non-hydrogen) atoms. The first kappa shape index (κ1) is 23.7.